The van der Waals surface area contributed by atoms with Crippen LogP contribution in [0.2, 0.25) is 0 Å². The zero-order chi connectivity index (χ0) is 15.9. The number of carbonyl (C=O) groups excluding carboxylic acids is 3. The normalized spacial score (nSPS) is 24.4. The van der Waals surface area contributed by atoms with E-state index in [2.05, 4.69) is 10.6 Å². The maximum absolute atomic E-state index is 13.5. The van der Waals surface area contributed by atoms with E-state index in [4.69, 9.17) is 0 Å². The Morgan fingerprint density at radius 3 is 2.73 bits per heavy atom. The van der Waals surface area contributed by atoms with Gasteiger partial charge < -0.3 is 10.6 Å². The minimum atomic E-state index is -0.921. The van der Waals surface area contributed by atoms with Crippen molar-refractivity contribution in [2.75, 3.05) is 11.9 Å². The lowest BCUT2D eigenvalue weighted by molar-refractivity contribution is -0.134. The van der Waals surface area contributed by atoms with Gasteiger partial charge in [0.1, 0.15) is 17.9 Å². The van der Waals surface area contributed by atoms with Crippen LogP contribution in [0.3, 0.4) is 0 Å². The van der Waals surface area contributed by atoms with Gasteiger partial charge in [0.05, 0.1) is 5.69 Å². The van der Waals surface area contributed by atoms with Gasteiger partial charge >= 0.3 is 6.03 Å². The second-order valence-electron chi connectivity index (χ2n) is 5.83. The van der Waals surface area contributed by atoms with Gasteiger partial charge in [-0.25, -0.2) is 9.18 Å². The van der Waals surface area contributed by atoms with Gasteiger partial charge in [0.15, 0.2) is 0 Å². The van der Waals surface area contributed by atoms with Crippen molar-refractivity contribution in [3.8, 4) is 0 Å². The molecule has 1 aliphatic carbocycles. The second kappa shape index (κ2) is 5.08. The largest absolute Gasteiger partial charge is 0.325 e. The molecule has 1 aliphatic heterocycles. The molecule has 1 aromatic rings. The molecule has 1 aromatic carbocycles. The van der Waals surface area contributed by atoms with Crippen LogP contribution in [-0.4, -0.2) is 34.8 Å². The van der Waals surface area contributed by atoms with E-state index in [1.807, 2.05) is 0 Å². The Balaban J connectivity index is 1.68. The van der Waals surface area contributed by atoms with Crippen molar-refractivity contribution in [1.82, 2.24) is 10.2 Å². The van der Waals surface area contributed by atoms with Crippen LogP contribution in [0.1, 0.15) is 19.8 Å². The van der Waals surface area contributed by atoms with Crippen LogP contribution in [0.15, 0.2) is 24.3 Å². The van der Waals surface area contributed by atoms with Gasteiger partial charge in [-0.15, -0.1) is 0 Å². The molecule has 116 valence electrons. The first kappa shape index (κ1) is 14.5. The monoisotopic (exact) mass is 305 g/mol. The molecule has 1 saturated carbocycles. The van der Waals surface area contributed by atoms with Crippen molar-refractivity contribution >= 4 is 23.5 Å². The molecular formula is C15H16FN3O3. The SMILES string of the molecule is C[C@@]1(C2CC2)NC(=O)N(CC(=O)Nc2ccccc2F)C1=O. The first-order valence-corrected chi connectivity index (χ1v) is 7.10. The number of rotatable bonds is 4. The number of amides is 4. The van der Waals surface area contributed by atoms with Crippen LogP contribution in [0.25, 0.3) is 0 Å². The van der Waals surface area contributed by atoms with Gasteiger partial charge in [0, 0.05) is 0 Å². The summed E-state index contributed by atoms with van der Waals surface area (Å²) in [5.41, 5.74) is -0.903. The highest BCUT2D eigenvalue weighted by molar-refractivity contribution is 6.10. The molecule has 0 unspecified atom stereocenters. The maximum atomic E-state index is 13.5. The summed E-state index contributed by atoms with van der Waals surface area (Å²) in [6.07, 6.45) is 1.77. The number of hydrogen-bond acceptors (Lipinski definition) is 3. The summed E-state index contributed by atoms with van der Waals surface area (Å²) in [7, 11) is 0. The summed E-state index contributed by atoms with van der Waals surface area (Å²) in [6.45, 7) is 1.25. The minimum absolute atomic E-state index is 0.0181. The van der Waals surface area contributed by atoms with Crippen LogP contribution in [0, 0.1) is 11.7 Å². The van der Waals surface area contributed by atoms with Gasteiger partial charge in [-0.05, 0) is 37.8 Å². The molecule has 7 heteroatoms. The predicted molar refractivity (Wildman–Crippen MR) is 76.4 cm³/mol. The summed E-state index contributed by atoms with van der Waals surface area (Å²) in [5, 5.41) is 5.02. The first-order valence-electron chi connectivity index (χ1n) is 7.10. The molecule has 4 amide bonds. The summed E-state index contributed by atoms with van der Waals surface area (Å²) in [6, 6.07) is 5.13. The number of urea groups is 1. The molecule has 2 aliphatic rings. The van der Waals surface area contributed by atoms with Crippen LogP contribution >= 0.6 is 0 Å². The lowest BCUT2D eigenvalue weighted by Gasteiger charge is -2.20. The number of hydrogen-bond donors (Lipinski definition) is 2. The van der Waals surface area contributed by atoms with E-state index in [9.17, 15) is 18.8 Å². The molecule has 1 atom stereocenters. The van der Waals surface area contributed by atoms with Crippen molar-refractivity contribution in [3.05, 3.63) is 30.1 Å². The predicted octanol–water partition coefficient (Wildman–Crippen LogP) is 1.48. The maximum Gasteiger partial charge on any atom is 0.325 e. The Hall–Kier alpha value is -2.44. The molecule has 0 bridgehead atoms. The fourth-order valence-electron chi connectivity index (χ4n) is 2.69. The van der Waals surface area contributed by atoms with E-state index in [1.54, 1.807) is 13.0 Å². The third-order valence-corrected chi connectivity index (χ3v) is 4.14. The highest BCUT2D eigenvalue weighted by atomic mass is 19.1. The fourth-order valence-corrected chi connectivity index (χ4v) is 2.69. The number of nitrogens with zero attached hydrogens (tertiary/aromatic N) is 1. The molecule has 22 heavy (non-hydrogen) atoms. The molecule has 1 saturated heterocycles. The van der Waals surface area contributed by atoms with Crippen molar-refractivity contribution in [2.45, 2.75) is 25.3 Å². The Kier molecular flexibility index (Phi) is 3.35. The lowest BCUT2D eigenvalue weighted by atomic mass is 9.96. The zero-order valence-electron chi connectivity index (χ0n) is 12.1. The van der Waals surface area contributed by atoms with E-state index in [1.165, 1.54) is 18.2 Å². The van der Waals surface area contributed by atoms with E-state index in [0.29, 0.717) is 0 Å². The number of para-hydroxylation sites is 1. The quantitative estimate of drug-likeness (QED) is 0.827. The molecule has 2 fully saturated rings. The van der Waals surface area contributed by atoms with Crippen LogP contribution < -0.4 is 10.6 Å². The Bertz CT molecular complexity index is 659. The second-order valence-corrected chi connectivity index (χ2v) is 5.83. The third kappa shape index (κ3) is 2.43. The summed E-state index contributed by atoms with van der Waals surface area (Å²) >= 11 is 0. The first-order chi connectivity index (χ1) is 10.4. The highest BCUT2D eigenvalue weighted by Crippen LogP contribution is 2.42. The fraction of sp³-hybridized carbons (Fsp3) is 0.400. The van der Waals surface area contributed by atoms with E-state index in [-0.39, 0.29) is 11.6 Å². The summed E-state index contributed by atoms with van der Waals surface area (Å²) in [4.78, 5) is 37.1. The Morgan fingerprint density at radius 2 is 2.09 bits per heavy atom. The zero-order valence-corrected chi connectivity index (χ0v) is 12.1. The van der Waals surface area contributed by atoms with Crippen LogP contribution in [0.4, 0.5) is 14.9 Å². The van der Waals surface area contributed by atoms with Crippen molar-refractivity contribution in [2.24, 2.45) is 5.92 Å². The number of benzene rings is 1. The van der Waals surface area contributed by atoms with Gasteiger partial charge in [0.2, 0.25) is 5.91 Å². The molecule has 0 radical (unpaired) electrons. The number of imide groups is 1. The van der Waals surface area contributed by atoms with E-state index in [0.717, 1.165) is 17.7 Å². The molecule has 3 rings (SSSR count). The van der Waals surface area contributed by atoms with E-state index < -0.39 is 35.7 Å². The average Bonchev–Trinajstić information content (AvgIpc) is 3.28. The lowest BCUT2D eigenvalue weighted by Crippen LogP contribution is -2.46. The van der Waals surface area contributed by atoms with Crippen LogP contribution in [0.5, 0.6) is 0 Å². The molecule has 0 spiro atoms. The molecule has 6 nitrogen and oxygen atoms in total. The smallest absolute Gasteiger partial charge is 0.323 e. The van der Waals surface area contributed by atoms with Crippen molar-refractivity contribution in [1.29, 1.82) is 0 Å². The third-order valence-electron chi connectivity index (χ3n) is 4.14. The summed E-state index contributed by atoms with van der Waals surface area (Å²) < 4.78 is 13.5. The average molecular weight is 305 g/mol. The highest BCUT2D eigenvalue weighted by Gasteiger charge is 2.56. The number of halogens is 1. The van der Waals surface area contributed by atoms with Crippen molar-refractivity contribution < 1.29 is 18.8 Å². The Labute approximate surface area is 126 Å². The molecule has 0 aromatic heterocycles. The molecular weight excluding hydrogens is 289 g/mol. The molecule has 2 N–H and O–H groups in total. The van der Waals surface area contributed by atoms with E-state index >= 15 is 0 Å². The van der Waals surface area contributed by atoms with Gasteiger partial charge in [-0.1, -0.05) is 12.1 Å². The summed E-state index contributed by atoms with van der Waals surface area (Å²) in [5.74, 6) is -1.46. The number of anilines is 1. The molecule has 1 heterocycles. The van der Waals surface area contributed by atoms with Crippen LogP contribution in [-0.2, 0) is 9.59 Å². The van der Waals surface area contributed by atoms with Gasteiger partial charge in [0.25, 0.3) is 5.91 Å². The number of nitrogens with one attached hydrogen (secondary N) is 2. The number of carbonyl (C=O) groups is 3. The van der Waals surface area contributed by atoms with Gasteiger partial charge in [-0.3, -0.25) is 14.5 Å². The standard InChI is InChI=1S/C15H16FN3O3/c1-15(9-6-7-9)13(21)19(14(22)18-15)8-12(20)17-11-5-3-2-4-10(11)16/h2-5,9H,6-8H2,1H3,(H,17,20)(H,18,22)/t15-/m0/s1. The Morgan fingerprint density at radius 1 is 1.41 bits per heavy atom. The van der Waals surface area contributed by atoms with Gasteiger partial charge in [-0.2, -0.15) is 0 Å². The van der Waals surface area contributed by atoms with Crippen molar-refractivity contribution in [3.63, 3.8) is 0 Å². The minimum Gasteiger partial charge on any atom is -0.323 e. The topological polar surface area (TPSA) is 78.5 Å².